The van der Waals surface area contributed by atoms with Crippen LogP contribution < -0.4 is 0 Å². The highest BCUT2D eigenvalue weighted by Crippen LogP contribution is 2.50. The van der Waals surface area contributed by atoms with E-state index in [9.17, 15) is 38.0 Å². The zero-order valence-corrected chi connectivity index (χ0v) is 16.4. The van der Waals surface area contributed by atoms with Crippen molar-refractivity contribution in [2.75, 3.05) is 14.1 Å². The number of hydrogen-bond donors (Lipinski definition) is 1. The van der Waals surface area contributed by atoms with Crippen molar-refractivity contribution in [1.29, 1.82) is 0 Å². The molecule has 3 rings (SSSR count). The van der Waals surface area contributed by atoms with E-state index in [4.69, 9.17) is 0 Å². The lowest BCUT2D eigenvalue weighted by Gasteiger charge is -2.53. The van der Waals surface area contributed by atoms with Gasteiger partial charge >= 0.3 is 12.2 Å². The molecular weight excluding hydrogens is 419 g/mol. The number of aliphatic hydroxyl groups is 1. The molecule has 2 amide bonds. The molecule has 1 N–H and O–H groups in total. The fourth-order valence-corrected chi connectivity index (χ4v) is 3.84. The van der Waals surface area contributed by atoms with Crippen molar-refractivity contribution in [3.63, 3.8) is 0 Å². The van der Waals surface area contributed by atoms with E-state index in [1.807, 2.05) is 0 Å². The lowest BCUT2D eigenvalue weighted by molar-refractivity contribution is -0.384. The van der Waals surface area contributed by atoms with E-state index in [1.54, 1.807) is 6.07 Å². The highest BCUT2D eigenvalue weighted by Gasteiger charge is 2.70. The Morgan fingerprint density at radius 2 is 1.65 bits per heavy atom. The summed E-state index contributed by atoms with van der Waals surface area (Å²) >= 11 is 0. The molecule has 3 atom stereocenters. The number of alkyl halides is 3. The Morgan fingerprint density at radius 3 is 2.13 bits per heavy atom. The van der Waals surface area contributed by atoms with Crippen molar-refractivity contribution in [1.82, 2.24) is 9.80 Å². The number of benzene rings is 2. The van der Waals surface area contributed by atoms with Crippen LogP contribution in [0.3, 0.4) is 0 Å². The van der Waals surface area contributed by atoms with Gasteiger partial charge in [-0.25, -0.2) is 4.79 Å². The van der Waals surface area contributed by atoms with Gasteiger partial charge in [-0.1, -0.05) is 42.5 Å². The largest absolute Gasteiger partial charge is 0.437 e. The Balaban J connectivity index is 2.25. The van der Waals surface area contributed by atoms with E-state index >= 15 is 0 Å². The summed E-state index contributed by atoms with van der Waals surface area (Å²) in [5.74, 6) is -3.20. The summed E-state index contributed by atoms with van der Waals surface area (Å²) in [5.41, 5.74) is -4.18. The number of urea groups is 1. The monoisotopic (exact) mass is 437 g/mol. The second-order valence-electron chi connectivity index (χ2n) is 7.18. The Labute approximate surface area is 174 Å². The molecule has 1 aliphatic heterocycles. The second-order valence-corrected chi connectivity index (χ2v) is 7.18. The number of Topliss-reactive ketones (excluding diaryl/α,β-unsaturated/α-hetero) is 1. The molecule has 164 valence electrons. The molecule has 0 bridgehead atoms. The summed E-state index contributed by atoms with van der Waals surface area (Å²) in [4.78, 5) is 37.2. The van der Waals surface area contributed by atoms with Gasteiger partial charge in [-0.05, 0) is 5.56 Å². The maximum Gasteiger partial charge on any atom is 0.437 e. The highest BCUT2D eigenvalue weighted by molar-refractivity contribution is 6.00. The van der Waals surface area contributed by atoms with Crippen molar-refractivity contribution < 1.29 is 32.8 Å². The Morgan fingerprint density at radius 1 is 1.10 bits per heavy atom. The number of carbonyl (C=O) groups excluding carboxylic acids is 2. The average Bonchev–Trinajstić information content (AvgIpc) is 2.74. The van der Waals surface area contributed by atoms with Crippen LogP contribution in [0, 0.1) is 16.0 Å². The highest BCUT2D eigenvalue weighted by atomic mass is 19.4. The van der Waals surface area contributed by atoms with Crippen LogP contribution in [0.2, 0.25) is 0 Å². The Kier molecular flexibility index (Phi) is 5.49. The molecule has 1 heterocycles. The average molecular weight is 437 g/mol. The molecule has 2 aromatic rings. The lowest BCUT2D eigenvalue weighted by atomic mass is 9.75. The maximum absolute atomic E-state index is 14.2. The van der Waals surface area contributed by atoms with Gasteiger partial charge in [-0.3, -0.25) is 19.8 Å². The van der Waals surface area contributed by atoms with Gasteiger partial charge in [-0.15, -0.1) is 0 Å². The maximum atomic E-state index is 14.2. The van der Waals surface area contributed by atoms with Crippen molar-refractivity contribution in [2.24, 2.45) is 5.92 Å². The third-order valence-corrected chi connectivity index (χ3v) is 5.47. The zero-order valence-electron chi connectivity index (χ0n) is 16.4. The van der Waals surface area contributed by atoms with Crippen LogP contribution in [-0.4, -0.2) is 57.6 Å². The third-order valence-electron chi connectivity index (χ3n) is 5.47. The molecular formula is C20H18F3N3O5. The van der Waals surface area contributed by atoms with Crippen LogP contribution in [0.15, 0.2) is 54.6 Å². The van der Waals surface area contributed by atoms with E-state index in [1.165, 1.54) is 43.4 Å². The molecule has 0 aliphatic carbocycles. The quantitative estimate of drug-likeness (QED) is 0.449. The zero-order chi connectivity index (χ0) is 23.1. The normalized spacial score (nSPS) is 24.3. The summed E-state index contributed by atoms with van der Waals surface area (Å²) in [7, 11) is 1.97. The molecule has 1 fully saturated rings. The van der Waals surface area contributed by atoms with E-state index in [0.717, 1.165) is 24.1 Å². The van der Waals surface area contributed by atoms with Gasteiger partial charge in [0.2, 0.25) is 0 Å². The molecule has 11 heteroatoms. The van der Waals surface area contributed by atoms with Gasteiger partial charge in [0, 0.05) is 31.8 Å². The van der Waals surface area contributed by atoms with Gasteiger partial charge in [0.05, 0.1) is 11.0 Å². The molecule has 8 nitrogen and oxygen atoms in total. The first kappa shape index (κ1) is 22.2. The molecule has 1 aliphatic rings. The fraction of sp³-hybridized carbons (Fsp3) is 0.300. The number of nitro benzene ring substituents is 1. The lowest BCUT2D eigenvalue weighted by Crippen LogP contribution is -2.73. The molecule has 31 heavy (non-hydrogen) atoms. The van der Waals surface area contributed by atoms with Crippen LogP contribution in [0.1, 0.15) is 22.0 Å². The number of nitro groups is 1. The fourth-order valence-electron chi connectivity index (χ4n) is 3.84. The van der Waals surface area contributed by atoms with Gasteiger partial charge < -0.3 is 10.0 Å². The molecule has 1 saturated heterocycles. The number of amides is 2. The standard InChI is InChI=1S/C20H18F3N3O5/c1-24-16(12-8-10-14(11-9-12)26(30)31)15(17(27)13-6-4-3-5-7-13)19(29,20(21,22)23)25(2)18(24)28/h3-11,15-16,29H,1-2H3. The van der Waals surface area contributed by atoms with Gasteiger partial charge in [0.15, 0.2) is 5.78 Å². The summed E-state index contributed by atoms with van der Waals surface area (Å²) in [5, 5.41) is 21.8. The van der Waals surface area contributed by atoms with E-state index < -0.39 is 40.6 Å². The Bertz CT molecular complexity index is 1010. The second kappa shape index (κ2) is 7.65. The Hall–Kier alpha value is -3.47. The molecule has 2 aromatic carbocycles. The SMILES string of the molecule is CN1C(=O)N(C)C(O)(C(F)(F)F)C(C(=O)c2ccccc2)C1c1ccc([N+](=O)[O-])cc1. The summed E-state index contributed by atoms with van der Waals surface area (Å²) in [6, 6.07) is 8.85. The van der Waals surface area contributed by atoms with Crippen LogP contribution in [0.25, 0.3) is 0 Å². The molecule has 0 radical (unpaired) electrons. The summed E-state index contributed by atoms with van der Waals surface area (Å²) in [6.07, 6.45) is -5.37. The minimum Gasteiger partial charge on any atom is -0.363 e. The number of hydrogen-bond acceptors (Lipinski definition) is 5. The molecule has 3 unspecified atom stereocenters. The van der Waals surface area contributed by atoms with Crippen LogP contribution in [0.5, 0.6) is 0 Å². The van der Waals surface area contributed by atoms with Gasteiger partial charge in [0.1, 0.15) is 5.92 Å². The predicted octanol–water partition coefficient (Wildman–Crippen LogP) is 3.38. The minimum atomic E-state index is -5.37. The van der Waals surface area contributed by atoms with E-state index in [0.29, 0.717) is 0 Å². The van der Waals surface area contributed by atoms with Crippen molar-refractivity contribution in [3.05, 3.63) is 75.8 Å². The smallest absolute Gasteiger partial charge is 0.363 e. The first-order chi connectivity index (χ1) is 14.4. The number of rotatable bonds is 4. The topological polar surface area (TPSA) is 104 Å². The first-order valence-electron chi connectivity index (χ1n) is 9.04. The van der Waals surface area contributed by atoms with E-state index in [-0.39, 0.29) is 21.7 Å². The van der Waals surface area contributed by atoms with Gasteiger partial charge in [0.25, 0.3) is 11.4 Å². The summed E-state index contributed by atoms with van der Waals surface area (Å²) in [6.45, 7) is 0. The number of nitrogens with zero attached hydrogens (tertiary/aromatic N) is 3. The van der Waals surface area contributed by atoms with Crippen molar-refractivity contribution >= 4 is 17.5 Å². The van der Waals surface area contributed by atoms with Crippen LogP contribution in [-0.2, 0) is 0 Å². The van der Waals surface area contributed by atoms with Crippen molar-refractivity contribution in [2.45, 2.75) is 17.9 Å². The number of ketones is 1. The van der Waals surface area contributed by atoms with Crippen LogP contribution in [0.4, 0.5) is 23.7 Å². The molecule has 0 aromatic heterocycles. The molecule has 0 spiro atoms. The van der Waals surface area contributed by atoms with Gasteiger partial charge in [-0.2, -0.15) is 13.2 Å². The third kappa shape index (κ3) is 3.50. The van der Waals surface area contributed by atoms with E-state index in [2.05, 4.69) is 0 Å². The molecule has 0 saturated carbocycles. The first-order valence-corrected chi connectivity index (χ1v) is 9.04. The van der Waals surface area contributed by atoms with Crippen LogP contribution >= 0.6 is 0 Å². The predicted molar refractivity (Wildman–Crippen MR) is 102 cm³/mol. The van der Waals surface area contributed by atoms with Crippen molar-refractivity contribution in [3.8, 4) is 0 Å². The minimum absolute atomic E-state index is 0.0338. The summed E-state index contributed by atoms with van der Waals surface area (Å²) < 4.78 is 42.5. The number of non-ortho nitro benzene ring substituents is 1. The number of halogens is 3. The number of carbonyl (C=O) groups is 2.